The van der Waals surface area contributed by atoms with Crippen LogP contribution in [0.2, 0.25) is 0 Å². The third-order valence-corrected chi connectivity index (χ3v) is 0. The van der Waals surface area contributed by atoms with Crippen LogP contribution in [-0.4, -0.2) is 0 Å². The van der Waals surface area contributed by atoms with Crippen LogP contribution in [0.15, 0.2) is 0 Å². The summed E-state index contributed by atoms with van der Waals surface area (Å²) in [5.41, 5.74) is 0. The molecule has 54 valence electrons. The quantitative estimate of drug-likeness (QED) is 0.250. The van der Waals surface area contributed by atoms with E-state index in [9.17, 15) is 0 Å². The number of hydrogen-bond donors (Lipinski definition) is 0. The van der Waals surface area contributed by atoms with Gasteiger partial charge in [-0.1, -0.05) is 7.43 Å². The Balaban J connectivity index is -0.00000000200. The van der Waals surface area contributed by atoms with Crippen molar-refractivity contribution in [1.29, 1.82) is 0 Å². The van der Waals surface area contributed by atoms with Crippen LogP contribution in [0, 0.1) is 0 Å². The molecule has 0 bridgehead atoms. The fourth-order valence-electron chi connectivity index (χ4n) is 0. The molecule has 0 nitrogen and oxygen atoms in total. The van der Waals surface area contributed by atoms with Gasteiger partial charge in [0.1, 0.15) is 0 Å². The fraction of sp³-hybridized carbons (Fsp3) is 1.00. The third kappa shape index (κ3) is 58.3. The summed E-state index contributed by atoms with van der Waals surface area (Å²) in [5, 5.41) is 0. The second-order valence-corrected chi connectivity index (χ2v) is 13.3. The Bertz CT molecular complexity index is 14.0. The predicted octanol–water partition coefficient (Wildman–Crippen LogP) is -9.58. The van der Waals surface area contributed by atoms with Crippen LogP contribution >= 0.6 is 38.4 Å². The Morgan fingerprint density at radius 1 is 0.750 bits per heavy atom. The summed E-state index contributed by atoms with van der Waals surface area (Å²) in [7, 11) is 0. The van der Waals surface area contributed by atoms with Gasteiger partial charge in [0.25, 0.3) is 0 Å². The van der Waals surface area contributed by atoms with Crippen molar-refractivity contribution in [1.82, 2.24) is 0 Å². The molecule has 0 aliphatic carbocycles. The van der Waals surface area contributed by atoms with E-state index in [1.54, 1.807) is 0 Å². The van der Waals surface area contributed by atoms with Gasteiger partial charge in [-0.05, 0) is 0 Å². The molecule has 0 N–H and O–H groups in total. The Morgan fingerprint density at radius 3 is 0.750 bits per heavy atom. The average molecular weight is 460 g/mol. The molecular formula is CH4Cl4I2Ti. The molecule has 0 unspecified atom stereocenters. The standard InChI is InChI=1S/CH4.4ClH.2HI.Ti/h1H4;6*1H;/q;;;;;;;+6/p-6. The fourth-order valence-corrected chi connectivity index (χ4v) is 0. The zero-order valence-corrected chi connectivity index (χ0v) is 11.7. The molecule has 0 aliphatic heterocycles. The van der Waals surface area contributed by atoms with E-state index in [0.29, 0.717) is 11.7 Å². The van der Waals surface area contributed by atoms with Crippen molar-refractivity contribution >= 4 is 38.4 Å². The molecule has 0 aliphatic rings. The van der Waals surface area contributed by atoms with Gasteiger partial charge in [0.05, 0.1) is 0 Å². The Kier molecular flexibility index (Phi) is 255. The van der Waals surface area contributed by atoms with Crippen molar-refractivity contribution in [2.75, 3.05) is 0 Å². The van der Waals surface area contributed by atoms with E-state index < -0.39 is 0 Å². The van der Waals surface area contributed by atoms with E-state index in [0.717, 1.165) is 0 Å². The number of halogens is 6. The van der Waals surface area contributed by atoms with Gasteiger partial charge in [0, 0.05) is 0 Å². The number of rotatable bonds is 0. The van der Waals surface area contributed by atoms with Crippen LogP contribution < -0.4 is 49.6 Å². The topological polar surface area (TPSA) is 0 Å². The minimum absolute atomic E-state index is 0. The predicted molar refractivity (Wildman–Crippen MR) is 34.8 cm³/mol. The van der Waals surface area contributed by atoms with Crippen molar-refractivity contribution < 1.29 is 61.3 Å². The van der Waals surface area contributed by atoms with Crippen molar-refractivity contribution in [2.45, 2.75) is 7.43 Å². The normalized spacial score (nSPS) is 2.75. The molecular weight excluding hydrogens is 455 g/mol. The van der Waals surface area contributed by atoms with Crippen LogP contribution in [0.3, 0.4) is 0 Å². The molecule has 0 heterocycles. The minimum atomic E-state index is 0. The summed E-state index contributed by atoms with van der Waals surface area (Å²) in [4.78, 5) is 0. The van der Waals surface area contributed by atoms with Crippen LogP contribution in [0.1, 0.15) is 7.43 Å². The van der Waals surface area contributed by atoms with E-state index in [1.165, 1.54) is 0 Å². The monoisotopic (exact) mass is 458 g/mol. The van der Waals surface area contributed by atoms with E-state index in [2.05, 4.69) is 38.4 Å². The molecule has 0 fully saturated rings. The molecule has 0 atom stereocenters. The van der Waals surface area contributed by atoms with Gasteiger partial charge in [-0.25, -0.2) is 0 Å². The molecule has 0 rings (SSSR count). The average Bonchev–Trinajstić information content (AvgIpc) is 0.918. The molecule has 0 aromatic rings. The first-order chi connectivity index (χ1) is 1.41. The molecule has 0 aromatic heterocycles. The zero-order valence-electron chi connectivity index (χ0n) is 2.77. The van der Waals surface area contributed by atoms with E-state index in [4.69, 9.17) is 0 Å². The molecule has 0 spiro atoms. The van der Waals surface area contributed by atoms with Crippen molar-refractivity contribution in [3.8, 4) is 0 Å². The van der Waals surface area contributed by atoms with Gasteiger partial charge >= 0.3 is 50.0 Å². The summed E-state index contributed by atoms with van der Waals surface area (Å²) in [6.07, 6.45) is 0. The first-order valence-corrected chi connectivity index (χ1v) is 10.5. The van der Waals surface area contributed by atoms with Crippen molar-refractivity contribution in [2.24, 2.45) is 0 Å². The molecule has 0 saturated heterocycles. The van der Waals surface area contributed by atoms with Crippen LogP contribution in [-0.2, 0) is 11.7 Å². The van der Waals surface area contributed by atoms with Crippen molar-refractivity contribution in [3.05, 3.63) is 0 Å². The van der Waals surface area contributed by atoms with E-state index in [-0.39, 0.29) is 57.1 Å². The maximum atomic E-state index is 2.40. The second kappa shape index (κ2) is 47.9. The summed E-state index contributed by atoms with van der Waals surface area (Å²) in [5.74, 6) is 0. The van der Waals surface area contributed by atoms with Gasteiger partial charge in [0.2, 0.25) is 0 Å². The molecule has 8 heavy (non-hydrogen) atoms. The van der Waals surface area contributed by atoms with Crippen LogP contribution in [0.25, 0.3) is 0 Å². The first kappa shape index (κ1) is 42.5. The number of hydrogen-bond acceptors (Lipinski definition) is 0. The van der Waals surface area contributed by atoms with Gasteiger partial charge in [-0.2, -0.15) is 0 Å². The third-order valence-electron chi connectivity index (χ3n) is 0. The summed E-state index contributed by atoms with van der Waals surface area (Å²) in [6, 6.07) is 0. The first-order valence-electron chi connectivity index (χ1n) is 0.378. The van der Waals surface area contributed by atoms with Gasteiger partial charge < -0.3 is 49.6 Å². The zero-order chi connectivity index (χ0) is 2.71. The van der Waals surface area contributed by atoms with E-state index in [1.807, 2.05) is 0 Å². The Morgan fingerprint density at radius 2 is 0.750 bits per heavy atom. The van der Waals surface area contributed by atoms with Gasteiger partial charge in [-0.15, -0.1) is 0 Å². The van der Waals surface area contributed by atoms with Crippen molar-refractivity contribution in [3.63, 3.8) is 0 Å². The molecule has 0 radical (unpaired) electrons. The molecule has 0 aromatic carbocycles. The molecule has 0 amide bonds. The maximum absolute atomic E-state index is 2.40. The summed E-state index contributed by atoms with van der Waals surface area (Å²) < 4.78 is 0. The summed E-state index contributed by atoms with van der Waals surface area (Å²) >= 11 is 5.24. The van der Waals surface area contributed by atoms with Gasteiger partial charge in [0.15, 0.2) is 0 Å². The van der Waals surface area contributed by atoms with Crippen LogP contribution in [0.5, 0.6) is 0 Å². The SMILES string of the molecule is C.[Cl-].[Cl-].[Cl-].[Cl-].[I][Ti+4][I]. The molecule has 0 saturated carbocycles. The summed E-state index contributed by atoms with van der Waals surface area (Å²) in [6.45, 7) is 0. The van der Waals surface area contributed by atoms with Crippen LogP contribution in [0.4, 0.5) is 0 Å². The Hall–Kier alpha value is 3.33. The Labute approximate surface area is 105 Å². The van der Waals surface area contributed by atoms with Gasteiger partial charge in [-0.3, -0.25) is 0 Å². The molecule has 7 heteroatoms. The second-order valence-electron chi connectivity index (χ2n) is 0.0714. The van der Waals surface area contributed by atoms with E-state index >= 15 is 0 Å².